The molecule has 0 radical (unpaired) electrons. The minimum atomic E-state index is -1.53. The molecule has 1 aliphatic carbocycles. The summed E-state index contributed by atoms with van der Waals surface area (Å²) in [5, 5.41) is 12.4. The van der Waals surface area contributed by atoms with E-state index >= 15 is 0 Å². The molecule has 4 rings (SSSR count). The molecule has 0 amide bonds. The lowest BCUT2D eigenvalue weighted by atomic mass is 10.1. The van der Waals surface area contributed by atoms with Gasteiger partial charge in [-0.3, -0.25) is 9.36 Å². The van der Waals surface area contributed by atoms with Crippen LogP contribution < -0.4 is 20.5 Å². The highest BCUT2D eigenvalue weighted by Gasteiger charge is 2.26. The van der Waals surface area contributed by atoms with Gasteiger partial charge in [0.15, 0.2) is 17.3 Å². The third-order valence-electron chi connectivity index (χ3n) is 5.37. The number of aromatic nitrogens is 4. The molecule has 1 unspecified atom stereocenters. The Labute approximate surface area is 183 Å². The van der Waals surface area contributed by atoms with Crippen molar-refractivity contribution in [3.05, 3.63) is 33.8 Å². The minimum absolute atomic E-state index is 0.0476. The van der Waals surface area contributed by atoms with Gasteiger partial charge in [0, 0.05) is 44.8 Å². The van der Waals surface area contributed by atoms with Crippen LogP contribution in [0.5, 0.6) is 6.01 Å². The molecule has 1 fully saturated rings. The highest BCUT2D eigenvalue weighted by Crippen LogP contribution is 2.25. The van der Waals surface area contributed by atoms with Gasteiger partial charge >= 0.3 is 12.0 Å². The van der Waals surface area contributed by atoms with E-state index in [1.54, 1.807) is 6.92 Å². The van der Waals surface area contributed by atoms with E-state index in [4.69, 9.17) is 9.84 Å². The highest BCUT2D eigenvalue weighted by molar-refractivity contribution is 5.87. The average Bonchev–Trinajstić information content (AvgIpc) is 3.03. The Bertz CT molecular complexity index is 1240. The second-order valence-corrected chi connectivity index (χ2v) is 7.45. The summed E-state index contributed by atoms with van der Waals surface area (Å²) in [6.07, 6.45) is 1.07. The Morgan fingerprint density at radius 2 is 2.06 bits per heavy atom. The maximum absolute atomic E-state index is 14.6. The number of fused-ring (bicyclic) bond motifs is 1. The van der Waals surface area contributed by atoms with Crippen molar-refractivity contribution in [1.82, 2.24) is 24.4 Å². The summed E-state index contributed by atoms with van der Waals surface area (Å²) in [5.74, 6) is 2.10. The number of allylic oxidation sites excluding steroid dienone is 3. The molecule has 0 saturated carbocycles. The van der Waals surface area contributed by atoms with Gasteiger partial charge in [-0.15, -0.1) is 0 Å². The topological polar surface area (TPSA) is 115 Å². The number of alkyl halides is 1. The molecular weight excluding hydrogens is 419 g/mol. The van der Waals surface area contributed by atoms with Crippen LogP contribution in [0.4, 0.5) is 10.3 Å². The van der Waals surface area contributed by atoms with Crippen LogP contribution in [0.15, 0.2) is 28.3 Å². The first-order valence-electron chi connectivity index (χ1n) is 10.2. The molecule has 2 aliphatic rings. The van der Waals surface area contributed by atoms with Crippen molar-refractivity contribution in [3.8, 4) is 18.0 Å². The number of hydrogen-bond acceptors (Lipinski definition) is 7. The monoisotopic (exact) mass is 442 g/mol. The zero-order valence-electron chi connectivity index (χ0n) is 17.8. The van der Waals surface area contributed by atoms with E-state index in [9.17, 15) is 14.0 Å². The van der Waals surface area contributed by atoms with Crippen LogP contribution in [0.1, 0.15) is 19.8 Å². The van der Waals surface area contributed by atoms with Crippen LogP contribution in [-0.2, 0) is 11.8 Å². The van der Waals surface area contributed by atoms with E-state index in [1.807, 2.05) is 4.90 Å². The number of imidazole rings is 1. The zero-order chi connectivity index (χ0) is 22.8. The van der Waals surface area contributed by atoms with Crippen molar-refractivity contribution in [3.63, 3.8) is 0 Å². The van der Waals surface area contributed by atoms with E-state index in [1.165, 1.54) is 28.3 Å². The van der Waals surface area contributed by atoms with Gasteiger partial charge in [0.25, 0.3) is 5.56 Å². The minimum Gasteiger partial charge on any atom is -0.478 e. The molecule has 1 atom stereocenters. The van der Waals surface area contributed by atoms with Crippen molar-refractivity contribution in [2.45, 2.75) is 25.9 Å². The molecular formula is C21H23FN6O4. The first kappa shape index (κ1) is 21.6. The molecule has 0 aromatic carbocycles. The number of piperazine rings is 1. The SMILES string of the molecule is CC#Cn1c(N2CCNCC2)nc2nc(OC3=CC=C(C(=O)O)CCC3F)n(C)c(=O)c21. The van der Waals surface area contributed by atoms with Crippen molar-refractivity contribution in [2.75, 3.05) is 31.1 Å². The summed E-state index contributed by atoms with van der Waals surface area (Å²) in [4.78, 5) is 35.3. The Balaban J connectivity index is 1.78. The summed E-state index contributed by atoms with van der Waals surface area (Å²) < 4.78 is 22.9. The Morgan fingerprint density at radius 1 is 1.31 bits per heavy atom. The highest BCUT2D eigenvalue weighted by atomic mass is 19.1. The van der Waals surface area contributed by atoms with Crippen molar-refractivity contribution in [2.24, 2.45) is 7.05 Å². The van der Waals surface area contributed by atoms with Crippen molar-refractivity contribution < 1.29 is 19.0 Å². The van der Waals surface area contributed by atoms with Gasteiger partial charge in [0.1, 0.15) is 5.76 Å². The fourth-order valence-corrected chi connectivity index (χ4v) is 3.64. The molecule has 1 aliphatic heterocycles. The number of nitrogens with zero attached hydrogens (tertiary/aromatic N) is 5. The molecule has 168 valence electrons. The molecule has 11 heteroatoms. The molecule has 2 aromatic heterocycles. The maximum Gasteiger partial charge on any atom is 0.331 e. The molecule has 32 heavy (non-hydrogen) atoms. The Kier molecular flexibility index (Phi) is 5.96. The first-order valence-corrected chi connectivity index (χ1v) is 10.2. The molecule has 2 aromatic rings. The molecule has 3 heterocycles. The lowest BCUT2D eigenvalue weighted by molar-refractivity contribution is -0.132. The number of carboxylic acid groups (broad SMARTS) is 1. The predicted molar refractivity (Wildman–Crippen MR) is 115 cm³/mol. The summed E-state index contributed by atoms with van der Waals surface area (Å²) in [5.41, 5.74) is 0.00217. The Morgan fingerprint density at radius 3 is 2.75 bits per heavy atom. The zero-order valence-corrected chi connectivity index (χ0v) is 17.8. The smallest absolute Gasteiger partial charge is 0.331 e. The predicted octanol–water partition coefficient (Wildman–Crippen LogP) is 0.774. The molecule has 0 bridgehead atoms. The number of anilines is 1. The molecule has 1 saturated heterocycles. The van der Waals surface area contributed by atoms with Crippen molar-refractivity contribution >= 4 is 23.1 Å². The second kappa shape index (κ2) is 8.84. The summed E-state index contributed by atoms with van der Waals surface area (Å²) >= 11 is 0. The van der Waals surface area contributed by atoms with Gasteiger partial charge < -0.3 is 20.1 Å². The van der Waals surface area contributed by atoms with Gasteiger partial charge in [-0.1, -0.05) is 5.92 Å². The second-order valence-electron chi connectivity index (χ2n) is 7.45. The fourth-order valence-electron chi connectivity index (χ4n) is 3.64. The van der Waals surface area contributed by atoms with E-state index in [0.29, 0.717) is 19.0 Å². The lowest BCUT2D eigenvalue weighted by Crippen LogP contribution is -2.44. The van der Waals surface area contributed by atoms with Crippen LogP contribution in [0.25, 0.3) is 11.2 Å². The first-order chi connectivity index (χ1) is 15.4. The van der Waals surface area contributed by atoms with Crippen molar-refractivity contribution in [1.29, 1.82) is 0 Å². The van der Waals surface area contributed by atoms with E-state index < -0.39 is 17.7 Å². The maximum atomic E-state index is 14.6. The largest absolute Gasteiger partial charge is 0.478 e. The van der Waals surface area contributed by atoms with E-state index in [-0.39, 0.29) is 41.3 Å². The van der Waals surface area contributed by atoms with Gasteiger partial charge in [-0.05, 0) is 31.9 Å². The van der Waals surface area contributed by atoms with Gasteiger partial charge in [0.05, 0.1) is 0 Å². The van der Waals surface area contributed by atoms with E-state index in [2.05, 4.69) is 27.2 Å². The summed E-state index contributed by atoms with van der Waals surface area (Å²) in [6, 6.07) is 2.77. The number of carboxylic acids is 1. The number of halogens is 1. The van der Waals surface area contributed by atoms with E-state index in [0.717, 1.165) is 13.1 Å². The average molecular weight is 442 g/mol. The van der Waals surface area contributed by atoms with Gasteiger partial charge in [-0.25, -0.2) is 13.8 Å². The summed E-state index contributed by atoms with van der Waals surface area (Å²) in [6.45, 7) is 4.63. The number of rotatable bonds is 4. The van der Waals surface area contributed by atoms with Crippen LogP contribution in [0, 0.1) is 12.0 Å². The number of carbonyl (C=O) groups is 1. The van der Waals surface area contributed by atoms with Gasteiger partial charge in [0.2, 0.25) is 5.95 Å². The number of aliphatic carboxylic acids is 1. The molecule has 10 nitrogen and oxygen atoms in total. The number of nitrogens with one attached hydrogen (secondary N) is 1. The third-order valence-corrected chi connectivity index (χ3v) is 5.37. The summed E-state index contributed by atoms with van der Waals surface area (Å²) in [7, 11) is 1.47. The third kappa shape index (κ3) is 3.97. The Hall–Kier alpha value is -3.65. The fraction of sp³-hybridized carbons (Fsp3) is 0.429. The van der Waals surface area contributed by atoms with Gasteiger partial charge in [-0.2, -0.15) is 9.97 Å². The standard InChI is InChI=1S/C21H23FN6O4/c1-3-10-28-16-17(24-20(28)27-11-8-23-9-12-27)25-21(26(2)18(16)29)32-15-7-5-13(19(30)31)4-6-14(15)22/h5,7,14,23H,4,6,8-9,11-12H2,1-2H3,(H,30,31). The van der Waals surface area contributed by atoms with Crippen LogP contribution in [-0.4, -0.2) is 62.5 Å². The molecule has 0 spiro atoms. The van der Waals surface area contributed by atoms with Crippen LogP contribution >= 0.6 is 0 Å². The normalized spacial score (nSPS) is 19.0. The number of hydrogen-bond donors (Lipinski definition) is 2. The lowest BCUT2D eigenvalue weighted by Gasteiger charge is -2.27. The van der Waals surface area contributed by atoms with Crippen LogP contribution in [0.2, 0.25) is 0 Å². The van der Waals surface area contributed by atoms with Crippen LogP contribution in [0.3, 0.4) is 0 Å². The quantitative estimate of drug-likeness (QED) is 0.668. The molecule has 2 N–H and O–H groups in total. The number of ether oxygens (including phenoxy) is 1.